The van der Waals surface area contributed by atoms with Crippen molar-refractivity contribution >= 4 is 11.7 Å². The Bertz CT molecular complexity index is 671. The number of aryl methyl sites for hydroxylation is 1. The number of carbonyl (C=O) groups excluding carboxylic acids is 1. The zero-order chi connectivity index (χ0) is 18.1. The fraction of sp³-hybridized carbons (Fsp3) is 0.400. The molecule has 1 heterocycles. The SMILES string of the molecule is CCc1cccc(C(=O)Nc2ccc(OCCCN(C)CC)cn2)c1. The van der Waals surface area contributed by atoms with Crippen molar-refractivity contribution in [1.82, 2.24) is 9.88 Å². The lowest BCUT2D eigenvalue weighted by atomic mass is 10.1. The van der Waals surface area contributed by atoms with E-state index in [1.807, 2.05) is 24.3 Å². The Balaban J connectivity index is 1.84. The van der Waals surface area contributed by atoms with Crippen molar-refractivity contribution in [3.05, 3.63) is 53.7 Å². The number of hydrogen-bond acceptors (Lipinski definition) is 4. The molecule has 0 atom stereocenters. The van der Waals surface area contributed by atoms with Crippen molar-refractivity contribution in [2.75, 3.05) is 32.1 Å². The normalized spacial score (nSPS) is 10.7. The second-order valence-corrected chi connectivity index (χ2v) is 5.99. The number of aromatic nitrogens is 1. The van der Waals surface area contributed by atoms with Crippen LogP contribution in [-0.2, 0) is 6.42 Å². The van der Waals surface area contributed by atoms with Gasteiger partial charge in [0.15, 0.2) is 0 Å². The summed E-state index contributed by atoms with van der Waals surface area (Å²) in [6, 6.07) is 11.2. The first-order chi connectivity index (χ1) is 12.1. The summed E-state index contributed by atoms with van der Waals surface area (Å²) in [5, 5.41) is 2.81. The van der Waals surface area contributed by atoms with Crippen molar-refractivity contribution in [2.45, 2.75) is 26.7 Å². The molecule has 1 N–H and O–H groups in total. The van der Waals surface area contributed by atoms with Crippen LogP contribution in [0.2, 0.25) is 0 Å². The molecule has 0 aliphatic heterocycles. The van der Waals surface area contributed by atoms with E-state index < -0.39 is 0 Å². The van der Waals surface area contributed by atoms with Crippen LogP contribution < -0.4 is 10.1 Å². The van der Waals surface area contributed by atoms with Gasteiger partial charge in [0, 0.05) is 12.1 Å². The molecule has 0 fully saturated rings. The maximum absolute atomic E-state index is 12.3. The van der Waals surface area contributed by atoms with E-state index in [0.717, 1.165) is 31.5 Å². The number of hydrogen-bond donors (Lipinski definition) is 1. The highest BCUT2D eigenvalue weighted by atomic mass is 16.5. The number of nitrogens with one attached hydrogen (secondary N) is 1. The number of carbonyl (C=O) groups is 1. The van der Waals surface area contributed by atoms with E-state index in [9.17, 15) is 4.79 Å². The van der Waals surface area contributed by atoms with E-state index in [1.165, 1.54) is 0 Å². The minimum Gasteiger partial charge on any atom is -0.492 e. The van der Waals surface area contributed by atoms with Crippen molar-refractivity contribution in [3.63, 3.8) is 0 Å². The van der Waals surface area contributed by atoms with Crippen LogP contribution >= 0.6 is 0 Å². The Morgan fingerprint density at radius 2 is 2.08 bits per heavy atom. The molecule has 0 aliphatic carbocycles. The molecule has 0 bridgehead atoms. The Hall–Kier alpha value is -2.40. The first-order valence-electron chi connectivity index (χ1n) is 8.80. The van der Waals surface area contributed by atoms with Crippen molar-refractivity contribution in [3.8, 4) is 5.75 Å². The van der Waals surface area contributed by atoms with Crippen LogP contribution in [0.4, 0.5) is 5.82 Å². The molecule has 25 heavy (non-hydrogen) atoms. The zero-order valence-corrected chi connectivity index (χ0v) is 15.3. The first kappa shape index (κ1) is 18.9. The molecule has 0 saturated heterocycles. The molecule has 0 aliphatic rings. The lowest BCUT2D eigenvalue weighted by molar-refractivity contribution is 0.102. The van der Waals surface area contributed by atoms with Crippen LogP contribution in [0.5, 0.6) is 5.75 Å². The minimum absolute atomic E-state index is 0.154. The predicted molar refractivity (Wildman–Crippen MR) is 101 cm³/mol. The van der Waals surface area contributed by atoms with Crippen molar-refractivity contribution in [2.24, 2.45) is 0 Å². The topological polar surface area (TPSA) is 54.5 Å². The van der Waals surface area contributed by atoms with Crippen LogP contribution in [0.15, 0.2) is 42.6 Å². The van der Waals surface area contributed by atoms with Crippen LogP contribution in [0, 0.1) is 0 Å². The van der Waals surface area contributed by atoms with Gasteiger partial charge in [0.05, 0.1) is 12.8 Å². The van der Waals surface area contributed by atoms with E-state index in [4.69, 9.17) is 4.74 Å². The van der Waals surface area contributed by atoms with E-state index in [1.54, 1.807) is 18.3 Å². The van der Waals surface area contributed by atoms with Gasteiger partial charge < -0.3 is 15.0 Å². The van der Waals surface area contributed by atoms with Crippen molar-refractivity contribution < 1.29 is 9.53 Å². The third-order valence-electron chi connectivity index (χ3n) is 4.07. The number of pyridine rings is 1. The third-order valence-corrected chi connectivity index (χ3v) is 4.07. The first-order valence-corrected chi connectivity index (χ1v) is 8.80. The molecule has 5 heteroatoms. The molecule has 0 spiro atoms. The number of amides is 1. The molecule has 0 radical (unpaired) electrons. The van der Waals surface area contributed by atoms with E-state index in [0.29, 0.717) is 23.7 Å². The molecule has 2 aromatic rings. The molecule has 0 saturated carbocycles. The Morgan fingerprint density at radius 1 is 1.24 bits per heavy atom. The Kier molecular flexibility index (Phi) is 7.41. The number of benzene rings is 1. The average Bonchev–Trinajstić information content (AvgIpc) is 2.66. The van der Waals surface area contributed by atoms with E-state index in [2.05, 4.69) is 36.1 Å². The summed E-state index contributed by atoms with van der Waals surface area (Å²) in [4.78, 5) is 18.8. The molecule has 5 nitrogen and oxygen atoms in total. The number of rotatable bonds is 9. The summed E-state index contributed by atoms with van der Waals surface area (Å²) in [7, 11) is 2.09. The van der Waals surface area contributed by atoms with E-state index >= 15 is 0 Å². The quantitative estimate of drug-likeness (QED) is 0.708. The van der Waals surface area contributed by atoms with Gasteiger partial charge in [0.1, 0.15) is 11.6 Å². The molecule has 1 amide bonds. The summed E-state index contributed by atoms with van der Waals surface area (Å²) >= 11 is 0. The smallest absolute Gasteiger partial charge is 0.256 e. The number of nitrogens with zero attached hydrogens (tertiary/aromatic N) is 2. The van der Waals surface area contributed by atoms with Gasteiger partial charge >= 0.3 is 0 Å². The maximum atomic E-state index is 12.3. The summed E-state index contributed by atoms with van der Waals surface area (Å²) in [6.45, 7) is 6.90. The summed E-state index contributed by atoms with van der Waals surface area (Å²) < 4.78 is 5.67. The fourth-order valence-electron chi connectivity index (χ4n) is 2.34. The molecule has 1 aromatic carbocycles. The van der Waals surface area contributed by atoms with Crippen LogP contribution in [0.1, 0.15) is 36.2 Å². The van der Waals surface area contributed by atoms with Gasteiger partial charge in [-0.1, -0.05) is 26.0 Å². The number of anilines is 1. The average molecular weight is 341 g/mol. The Labute approximate surface area is 150 Å². The lowest BCUT2D eigenvalue weighted by Crippen LogP contribution is -2.20. The van der Waals surface area contributed by atoms with Gasteiger partial charge in [-0.05, 0) is 56.3 Å². The van der Waals surface area contributed by atoms with Gasteiger partial charge in [0.2, 0.25) is 0 Å². The summed E-state index contributed by atoms with van der Waals surface area (Å²) in [6.07, 6.45) is 3.51. The van der Waals surface area contributed by atoms with Gasteiger partial charge in [-0.15, -0.1) is 0 Å². The second-order valence-electron chi connectivity index (χ2n) is 5.99. The minimum atomic E-state index is -0.154. The lowest BCUT2D eigenvalue weighted by Gasteiger charge is -2.13. The highest BCUT2D eigenvalue weighted by Crippen LogP contribution is 2.14. The fourth-order valence-corrected chi connectivity index (χ4v) is 2.34. The standard InChI is InChI=1S/C20H27N3O2/c1-4-16-8-6-9-17(14-16)20(24)22-19-11-10-18(15-21-19)25-13-7-12-23(3)5-2/h6,8-11,14-15H,4-5,7,12-13H2,1-3H3,(H,21,22,24). The largest absolute Gasteiger partial charge is 0.492 e. The molecule has 1 aromatic heterocycles. The van der Waals surface area contributed by atoms with Gasteiger partial charge in [-0.2, -0.15) is 0 Å². The summed E-state index contributed by atoms with van der Waals surface area (Å²) in [5.41, 5.74) is 1.78. The molecular formula is C20H27N3O2. The third kappa shape index (κ3) is 6.19. The predicted octanol–water partition coefficient (Wildman–Crippen LogP) is 3.62. The van der Waals surface area contributed by atoms with Crippen LogP contribution in [0.3, 0.4) is 0 Å². The van der Waals surface area contributed by atoms with Gasteiger partial charge in [-0.25, -0.2) is 4.98 Å². The highest BCUT2D eigenvalue weighted by Gasteiger charge is 2.07. The van der Waals surface area contributed by atoms with Crippen molar-refractivity contribution in [1.29, 1.82) is 0 Å². The zero-order valence-electron chi connectivity index (χ0n) is 15.3. The molecule has 0 unspecified atom stereocenters. The van der Waals surface area contributed by atoms with Gasteiger partial charge in [-0.3, -0.25) is 4.79 Å². The maximum Gasteiger partial charge on any atom is 0.256 e. The van der Waals surface area contributed by atoms with Gasteiger partial charge in [0.25, 0.3) is 5.91 Å². The molecule has 134 valence electrons. The second kappa shape index (κ2) is 9.79. The van der Waals surface area contributed by atoms with Crippen LogP contribution in [0.25, 0.3) is 0 Å². The summed E-state index contributed by atoms with van der Waals surface area (Å²) in [5.74, 6) is 1.08. The highest BCUT2D eigenvalue weighted by molar-refractivity contribution is 6.03. The number of ether oxygens (including phenoxy) is 1. The molecule has 2 rings (SSSR count). The van der Waals surface area contributed by atoms with Crippen LogP contribution in [-0.4, -0.2) is 42.5 Å². The monoisotopic (exact) mass is 341 g/mol. The van der Waals surface area contributed by atoms with E-state index in [-0.39, 0.29) is 5.91 Å². The Morgan fingerprint density at radius 3 is 2.76 bits per heavy atom. The molecular weight excluding hydrogens is 314 g/mol.